The third-order valence-electron chi connectivity index (χ3n) is 3.52. The summed E-state index contributed by atoms with van der Waals surface area (Å²) in [6, 6.07) is 11.7. The third kappa shape index (κ3) is 4.67. The van der Waals surface area contributed by atoms with Gasteiger partial charge >= 0.3 is 0 Å². The lowest BCUT2D eigenvalue weighted by molar-refractivity contribution is 0.0944. The van der Waals surface area contributed by atoms with Crippen molar-refractivity contribution >= 4 is 29.0 Å². The fraction of sp³-hybridized carbons (Fsp3) is 0.294. The van der Waals surface area contributed by atoms with E-state index in [4.69, 9.17) is 0 Å². The van der Waals surface area contributed by atoms with Crippen molar-refractivity contribution in [3.05, 3.63) is 47.1 Å². The van der Waals surface area contributed by atoms with Gasteiger partial charge in [-0.15, -0.1) is 10.2 Å². The minimum absolute atomic E-state index is 0.103. The normalized spacial score (nSPS) is 10.8. The molecule has 0 saturated heterocycles. The number of nitrogens with zero attached hydrogens (tertiary/aromatic N) is 4. The van der Waals surface area contributed by atoms with Gasteiger partial charge in [-0.1, -0.05) is 53.4 Å². The molecule has 0 radical (unpaired) electrons. The lowest BCUT2D eigenvalue weighted by atomic mass is 10.1. The highest BCUT2D eigenvalue weighted by atomic mass is 32.2. The van der Waals surface area contributed by atoms with E-state index in [0.29, 0.717) is 12.2 Å². The minimum Gasteiger partial charge on any atom is -0.351 e. The first-order chi connectivity index (χ1) is 12.1. The molecule has 0 unspecified atom stereocenters. The number of thioether (sulfide) groups is 1. The molecule has 8 heteroatoms. The molecule has 1 amide bonds. The lowest BCUT2D eigenvalue weighted by Gasteiger charge is -2.04. The van der Waals surface area contributed by atoms with Gasteiger partial charge in [0.2, 0.25) is 0 Å². The molecule has 0 spiro atoms. The minimum atomic E-state index is -0.103. The molecule has 2 aromatic heterocycles. The Bertz CT molecular complexity index is 844. The molecule has 2 heterocycles. The van der Waals surface area contributed by atoms with Crippen LogP contribution in [-0.4, -0.2) is 38.2 Å². The Hall–Kier alpha value is -2.19. The second-order valence-corrected chi connectivity index (χ2v) is 7.97. The molecule has 0 aliphatic carbocycles. The molecule has 0 saturated carbocycles. The molecule has 0 atom stereocenters. The Morgan fingerprint density at radius 2 is 2.08 bits per heavy atom. The largest absolute Gasteiger partial charge is 0.351 e. The van der Waals surface area contributed by atoms with E-state index in [1.54, 1.807) is 34.8 Å². The van der Waals surface area contributed by atoms with E-state index in [2.05, 4.69) is 20.6 Å². The number of benzene rings is 1. The van der Waals surface area contributed by atoms with Gasteiger partial charge in [-0.05, 0) is 19.4 Å². The van der Waals surface area contributed by atoms with Crippen LogP contribution >= 0.6 is 23.1 Å². The van der Waals surface area contributed by atoms with Crippen molar-refractivity contribution in [1.29, 1.82) is 0 Å². The van der Waals surface area contributed by atoms with Crippen LogP contribution < -0.4 is 5.32 Å². The van der Waals surface area contributed by atoms with E-state index in [9.17, 15) is 4.79 Å². The maximum Gasteiger partial charge on any atom is 0.269 e. The average Bonchev–Trinajstić information content (AvgIpc) is 3.21. The van der Waals surface area contributed by atoms with Gasteiger partial charge in [-0.3, -0.25) is 9.48 Å². The van der Waals surface area contributed by atoms with Crippen LogP contribution in [0, 0.1) is 6.92 Å². The molecule has 25 heavy (non-hydrogen) atoms. The molecular weight excluding hydrogens is 354 g/mol. The second kappa shape index (κ2) is 8.26. The van der Waals surface area contributed by atoms with Crippen molar-refractivity contribution in [2.45, 2.75) is 17.7 Å². The summed E-state index contributed by atoms with van der Waals surface area (Å²) in [5, 5.41) is 16.4. The van der Waals surface area contributed by atoms with E-state index in [0.717, 1.165) is 32.8 Å². The Labute approximate surface area is 154 Å². The smallest absolute Gasteiger partial charge is 0.269 e. The molecule has 3 aromatic rings. The van der Waals surface area contributed by atoms with Crippen LogP contribution in [0.4, 0.5) is 0 Å². The monoisotopic (exact) mass is 373 g/mol. The van der Waals surface area contributed by atoms with Crippen molar-refractivity contribution in [3.63, 3.8) is 0 Å². The van der Waals surface area contributed by atoms with E-state index in [-0.39, 0.29) is 5.91 Å². The summed E-state index contributed by atoms with van der Waals surface area (Å²) in [4.78, 5) is 12.3. The summed E-state index contributed by atoms with van der Waals surface area (Å²) in [5.41, 5.74) is 2.36. The van der Waals surface area contributed by atoms with Crippen LogP contribution in [0.2, 0.25) is 0 Å². The summed E-state index contributed by atoms with van der Waals surface area (Å²) >= 11 is 3.26. The number of amides is 1. The van der Waals surface area contributed by atoms with Gasteiger partial charge in [0.05, 0.1) is 5.69 Å². The zero-order valence-corrected chi connectivity index (χ0v) is 15.7. The van der Waals surface area contributed by atoms with E-state index in [1.165, 1.54) is 0 Å². The Kier molecular flexibility index (Phi) is 5.83. The number of hydrogen-bond donors (Lipinski definition) is 1. The van der Waals surface area contributed by atoms with Gasteiger partial charge in [0.25, 0.3) is 5.91 Å². The molecule has 6 nitrogen and oxygen atoms in total. The van der Waals surface area contributed by atoms with Gasteiger partial charge in [0.1, 0.15) is 10.7 Å². The van der Waals surface area contributed by atoms with Crippen molar-refractivity contribution in [1.82, 2.24) is 25.3 Å². The molecule has 0 bridgehead atoms. The van der Waals surface area contributed by atoms with Crippen molar-refractivity contribution in [2.75, 3.05) is 12.3 Å². The van der Waals surface area contributed by atoms with Crippen LogP contribution in [0.25, 0.3) is 11.3 Å². The maximum atomic E-state index is 12.3. The van der Waals surface area contributed by atoms with E-state index in [1.807, 2.05) is 43.3 Å². The molecule has 3 rings (SSSR count). The summed E-state index contributed by atoms with van der Waals surface area (Å²) in [6.45, 7) is 2.56. The number of carbonyl (C=O) groups excluding carboxylic acids is 1. The quantitative estimate of drug-likeness (QED) is 0.509. The first-order valence-corrected chi connectivity index (χ1v) is 9.74. The zero-order valence-electron chi connectivity index (χ0n) is 14.1. The van der Waals surface area contributed by atoms with Gasteiger partial charge in [0, 0.05) is 24.9 Å². The van der Waals surface area contributed by atoms with Gasteiger partial charge in [-0.2, -0.15) is 5.10 Å². The maximum absolute atomic E-state index is 12.3. The van der Waals surface area contributed by atoms with E-state index < -0.39 is 0 Å². The number of aromatic nitrogens is 4. The van der Waals surface area contributed by atoms with Crippen LogP contribution in [0.1, 0.15) is 21.9 Å². The van der Waals surface area contributed by atoms with Crippen molar-refractivity contribution in [2.24, 2.45) is 7.05 Å². The number of hydrogen-bond acceptors (Lipinski definition) is 6. The molecule has 0 aliphatic heterocycles. The SMILES string of the molecule is Cc1nnc(SCCCNC(=O)c2cc(-c3ccccc3)nn2C)s1. The van der Waals surface area contributed by atoms with Gasteiger partial charge in [-0.25, -0.2) is 0 Å². The summed E-state index contributed by atoms with van der Waals surface area (Å²) < 4.78 is 2.60. The summed E-state index contributed by atoms with van der Waals surface area (Å²) in [6.07, 6.45) is 0.873. The number of carbonyl (C=O) groups is 1. The topological polar surface area (TPSA) is 72.7 Å². The van der Waals surface area contributed by atoms with Gasteiger partial charge < -0.3 is 5.32 Å². The fourth-order valence-electron chi connectivity index (χ4n) is 2.29. The van der Waals surface area contributed by atoms with Crippen LogP contribution in [0.15, 0.2) is 40.7 Å². The number of rotatable bonds is 7. The zero-order chi connectivity index (χ0) is 17.6. The van der Waals surface area contributed by atoms with Crippen LogP contribution in [0.3, 0.4) is 0 Å². The van der Waals surface area contributed by atoms with Crippen molar-refractivity contribution in [3.8, 4) is 11.3 Å². The number of aryl methyl sites for hydroxylation is 2. The van der Waals surface area contributed by atoms with Gasteiger partial charge in [0.15, 0.2) is 4.34 Å². The molecule has 1 aromatic carbocycles. The molecule has 0 aliphatic rings. The number of nitrogens with one attached hydrogen (secondary N) is 1. The Balaban J connectivity index is 1.49. The lowest BCUT2D eigenvalue weighted by Crippen LogP contribution is -2.26. The molecule has 0 fully saturated rings. The first-order valence-electron chi connectivity index (χ1n) is 7.94. The highest BCUT2D eigenvalue weighted by Gasteiger charge is 2.13. The molecule has 1 N–H and O–H groups in total. The predicted octanol–water partition coefficient (Wildman–Crippen LogP) is 3.16. The first kappa shape index (κ1) is 17.6. The van der Waals surface area contributed by atoms with Crippen molar-refractivity contribution < 1.29 is 4.79 Å². The third-order valence-corrected chi connectivity index (χ3v) is 5.58. The second-order valence-electron chi connectivity index (χ2n) is 5.45. The Morgan fingerprint density at radius 3 is 2.80 bits per heavy atom. The summed E-state index contributed by atoms with van der Waals surface area (Å²) in [7, 11) is 1.79. The highest BCUT2D eigenvalue weighted by Crippen LogP contribution is 2.22. The standard InChI is InChI=1S/C17H19N5OS2/c1-12-19-20-17(25-12)24-10-6-9-18-16(23)15-11-14(21-22(15)2)13-7-4-3-5-8-13/h3-5,7-8,11H,6,9-10H2,1-2H3,(H,18,23). The Morgan fingerprint density at radius 1 is 1.28 bits per heavy atom. The van der Waals surface area contributed by atoms with E-state index >= 15 is 0 Å². The predicted molar refractivity (Wildman–Crippen MR) is 101 cm³/mol. The fourth-order valence-corrected chi connectivity index (χ4v) is 4.12. The van der Waals surface area contributed by atoms with Crippen LogP contribution in [0.5, 0.6) is 0 Å². The average molecular weight is 374 g/mol. The summed E-state index contributed by atoms with van der Waals surface area (Å²) in [5.74, 6) is 0.796. The molecule has 130 valence electrons. The highest BCUT2D eigenvalue weighted by molar-refractivity contribution is 8.01. The molecular formula is C17H19N5OS2. The van der Waals surface area contributed by atoms with Crippen LogP contribution in [-0.2, 0) is 7.05 Å².